The number of rotatable bonds is 7. The van der Waals surface area contributed by atoms with Gasteiger partial charge >= 0.3 is 0 Å². The number of aliphatic imine (C=N–C) groups is 2. The molecule has 0 spiro atoms. The van der Waals surface area contributed by atoms with Crippen LogP contribution in [0.25, 0.3) is 0 Å². The van der Waals surface area contributed by atoms with Gasteiger partial charge in [0, 0.05) is 30.9 Å². The first-order valence-corrected chi connectivity index (χ1v) is 5.79. The Bertz CT molecular complexity index is 223. The monoisotopic (exact) mass is 210 g/mol. The van der Waals surface area contributed by atoms with Crippen LogP contribution in [0.4, 0.5) is 0 Å². The van der Waals surface area contributed by atoms with Crippen LogP contribution in [0.5, 0.6) is 0 Å². The molecule has 4 nitrogen and oxygen atoms in total. The van der Waals surface area contributed by atoms with Crippen LogP contribution in [0.15, 0.2) is 9.98 Å². The summed E-state index contributed by atoms with van der Waals surface area (Å²) >= 11 is 0. The lowest BCUT2D eigenvalue weighted by Gasteiger charge is -2.10. The molecule has 0 aliphatic carbocycles. The highest BCUT2D eigenvalue weighted by Crippen LogP contribution is 1.97. The van der Waals surface area contributed by atoms with E-state index in [0.717, 1.165) is 38.8 Å². The van der Waals surface area contributed by atoms with Gasteiger partial charge in [-0.1, -0.05) is 6.92 Å². The van der Waals surface area contributed by atoms with Gasteiger partial charge in [0.2, 0.25) is 0 Å². The van der Waals surface area contributed by atoms with Gasteiger partial charge in [-0.05, 0) is 25.8 Å². The highest BCUT2D eigenvalue weighted by Gasteiger charge is 2.01. The molecule has 1 rings (SSSR count). The van der Waals surface area contributed by atoms with Crippen LogP contribution < -0.4 is 11.1 Å². The van der Waals surface area contributed by atoms with Gasteiger partial charge in [-0.2, -0.15) is 0 Å². The molecule has 15 heavy (non-hydrogen) atoms. The van der Waals surface area contributed by atoms with Gasteiger partial charge in [0.1, 0.15) is 6.67 Å². The molecular formula is C11H22N4. The Labute approximate surface area is 92.1 Å². The highest BCUT2D eigenvalue weighted by atomic mass is 14.9. The van der Waals surface area contributed by atoms with Crippen molar-refractivity contribution in [2.45, 2.75) is 38.6 Å². The average Bonchev–Trinajstić information content (AvgIpc) is 2.29. The van der Waals surface area contributed by atoms with E-state index in [1.807, 2.05) is 6.21 Å². The van der Waals surface area contributed by atoms with E-state index in [0.29, 0.717) is 12.7 Å². The van der Waals surface area contributed by atoms with Crippen LogP contribution in [-0.2, 0) is 0 Å². The highest BCUT2D eigenvalue weighted by molar-refractivity contribution is 5.96. The fourth-order valence-electron chi connectivity index (χ4n) is 1.46. The molecule has 1 heterocycles. The fraction of sp³-hybridized carbons (Fsp3) is 0.818. The number of hydrogen-bond donors (Lipinski definition) is 2. The Balaban J connectivity index is 1.95. The van der Waals surface area contributed by atoms with Crippen molar-refractivity contribution in [1.82, 2.24) is 5.32 Å². The number of nitrogens with one attached hydrogen (secondary N) is 1. The molecule has 0 radical (unpaired) electrons. The lowest BCUT2D eigenvalue weighted by Crippen LogP contribution is -2.27. The maximum absolute atomic E-state index is 5.82. The molecule has 0 aromatic heterocycles. The summed E-state index contributed by atoms with van der Waals surface area (Å²) in [7, 11) is 0. The molecule has 4 heteroatoms. The number of hydrogen-bond acceptors (Lipinski definition) is 4. The van der Waals surface area contributed by atoms with Crippen molar-refractivity contribution in [3.05, 3.63) is 0 Å². The molecule has 0 saturated heterocycles. The SMILES string of the molecule is CCC(N)CCNCCC1=NCN=CC1. The summed E-state index contributed by atoms with van der Waals surface area (Å²) in [5.74, 6) is 0. The van der Waals surface area contributed by atoms with Crippen molar-refractivity contribution >= 4 is 11.9 Å². The van der Waals surface area contributed by atoms with E-state index in [4.69, 9.17) is 5.73 Å². The van der Waals surface area contributed by atoms with Gasteiger partial charge < -0.3 is 11.1 Å². The van der Waals surface area contributed by atoms with Crippen molar-refractivity contribution in [2.75, 3.05) is 19.8 Å². The molecule has 1 aliphatic rings. The van der Waals surface area contributed by atoms with Gasteiger partial charge in [-0.15, -0.1) is 0 Å². The molecule has 0 saturated carbocycles. The largest absolute Gasteiger partial charge is 0.328 e. The van der Waals surface area contributed by atoms with Crippen molar-refractivity contribution in [3.63, 3.8) is 0 Å². The third-order valence-electron chi connectivity index (χ3n) is 2.64. The first kappa shape index (κ1) is 12.3. The van der Waals surface area contributed by atoms with E-state index in [9.17, 15) is 0 Å². The lowest BCUT2D eigenvalue weighted by molar-refractivity contribution is 0.554. The van der Waals surface area contributed by atoms with Crippen molar-refractivity contribution in [3.8, 4) is 0 Å². The third-order valence-corrected chi connectivity index (χ3v) is 2.64. The maximum Gasteiger partial charge on any atom is 0.128 e. The molecule has 0 bridgehead atoms. The van der Waals surface area contributed by atoms with Crippen LogP contribution in [0.2, 0.25) is 0 Å². The minimum absolute atomic E-state index is 0.344. The molecule has 3 N–H and O–H groups in total. The molecular weight excluding hydrogens is 188 g/mol. The Morgan fingerprint density at radius 3 is 3.07 bits per heavy atom. The van der Waals surface area contributed by atoms with Crippen LogP contribution in [0, 0.1) is 0 Å². The second-order valence-electron chi connectivity index (χ2n) is 3.89. The molecule has 0 amide bonds. The second kappa shape index (κ2) is 7.54. The van der Waals surface area contributed by atoms with Gasteiger partial charge in [0.05, 0.1) is 0 Å². The Morgan fingerprint density at radius 2 is 2.40 bits per heavy atom. The summed E-state index contributed by atoms with van der Waals surface area (Å²) < 4.78 is 0. The number of nitrogens with zero attached hydrogens (tertiary/aromatic N) is 2. The summed E-state index contributed by atoms with van der Waals surface area (Å²) in [6.07, 6.45) is 6.04. The quantitative estimate of drug-likeness (QED) is 0.615. The van der Waals surface area contributed by atoms with Gasteiger partial charge in [0.15, 0.2) is 0 Å². The molecule has 0 aromatic carbocycles. The minimum Gasteiger partial charge on any atom is -0.328 e. The number of nitrogens with two attached hydrogens (primary N) is 1. The predicted octanol–water partition coefficient (Wildman–Crippen LogP) is 0.966. The Kier molecular flexibility index (Phi) is 6.20. The standard InChI is InChI=1S/C11H22N4/c1-2-10(12)3-6-13-7-4-11-5-8-14-9-15-11/h8,10,13H,2-7,9,12H2,1H3. The molecule has 1 aliphatic heterocycles. The van der Waals surface area contributed by atoms with E-state index in [1.165, 1.54) is 5.71 Å². The zero-order valence-electron chi connectivity index (χ0n) is 9.58. The third kappa shape index (κ3) is 5.64. The van der Waals surface area contributed by atoms with Crippen molar-refractivity contribution in [1.29, 1.82) is 0 Å². The smallest absolute Gasteiger partial charge is 0.128 e. The predicted molar refractivity (Wildman–Crippen MR) is 65.8 cm³/mol. The van der Waals surface area contributed by atoms with Crippen molar-refractivity contribution < 1.29 is 0 Å². The van der Waals surface area contributed by atoms with Gasteiger partial charge in [0.25, 0.3) is 0 Å². The Hall–Kier alpha value is -0.740. The van der Waals surface area contributed by atoms with E-state index in [-0.39, 0.29) is 0 Å². The maximum atomic E-state index is 5.82. The summed E-state index contributed by atoms with van der Waals surface area (Å²) in [5.41, 5.74) is 7.08. The summed E-state index contributed by atoms with van der Waals surface area (Å²) in [4.78, 5) is 8.39. The van der Waals surface area contributed by atoms with E-state index in [2.05, 4.69) is 22.2 Å². The minimum atomic E-state index is 0.344. The molecule has 1 atom stereocenters. The summed E-state index contributed by atoms with van der Waals surface area (Å²) in [6.45, 7) is 4.76. The van der Waals surface area contributed by atoms with Crippen LogP contribution >= 0.6 is 0 Å². The molecule has 0 aromatic rings. The van der Waals surface area contributed by atoms with E-state index < -0.39 is 0 Å². The first-order chi connectivity index (χ1) is 7.33. The van der Waals surface area contributed by atoms with E-state index in [1.54, 1.807) is 0 Å². The van der Waals surface area contributed by atoms with Crippen LogP contribution in [0.1, 0.15) is 32.6 Å². The van der Waals surface area contributed by atoms with Crippen molar-refractivity contribution in [2.24, 2.45) is 15.7 Å². The van der Waals surface area contributed by atoms with Crippen LogP contribution in [-0.4, -0.2) is 37.7 Å². The van der Waals surface area contributed by atoms with E-state index >= 15 is 0 Å². The zero-order valence-corrected chi connectivity index (χ0v) is 9.58. The summed E-state index contributed by atoms with van der Waals surface area (Å²) in [6, 6.07) is 0.344. The molecule has 86 valence electrons. The van der Waals surface area contributed by atoms with Gasteiger partial charge in [-0.25, -0.2) is 0 Å². The molecule has 0 fully saturated rings. The summed E-state index contributed by atoms with van der Waals surface area (Å²) in [5, 5.41) is 3.39. The Morgan fingerprint density at radius 1 is 1.53 bits per heavy atom. The normalized spacial score (nSPS) is 17.6. The average molecular weight is 210 g/mol. The van der Waals surface area contributed by atoms with Crippen LogP contribution in [0.3, 0.4) is 0 Å². The fourth-order valence-corrected chi connectivity index (χ4v) is 1.46. The zero-order chi connectivity index (χ0) is 10.9. The first-order valence-electron chi connectivity index (χ1n) is 5.79. The van der Waals surface area contributed by atoms with Gasteiger partial charge in [-0.3, -0.25) is 9.98 Å². The topological polar surface area (TPSA) is 62.8 Å². The molecule has 1 unspecified atom stereocenters. The second-order valence-corrected chi connectivity index (χ2v) is 3.89. The lowest BCUT2D eigenvalue weighted by atomic mass is 10.1.